The maximum atomic E-state index is 12.9. The number of ether oxygens (including phenoxy) is 1. The number of likely N-dealkylation sites (N-methyl/N-ethyl adjacent to an activating group) is 1. The van der Waals surface area contributed by atoms with Crippen LogP contribution < -0.4 is 10.1 Å². The van der Waals surface area contributed by atoms with E-state index in [-0.39, 0.29) is 29.6 Å². The zero-order valence-corrected chi connectivity index (χ0v) is 21.4. The Bertz CT molecular complexity index is 1150. The number of aromatic amines is 1. The van der Waals surface area contributed by atoms with E-state index in [2.05, 4.69) is 35.1 Å². The van der Waals surface area contributed by atoms with Crippen molar-refractivity contribution >= 4 is 17.6 Å². The average Bonchev–Trinajstić information content (AvgIpc) is 3.11. The van der Waals surface area contributed by atoms with Gasteiger partial charge in [0.05, 0.1) is 6.54 Å². The highest BCUT2D eigenvalue weighted by Crippen LogP contribution is 2.36. The molecule has 0 saturated carbocycles. The first-order valence-corrected chi connectivity index (χ1v) is 12.2. The minimum absolute atomic E-state index is 0.0679. The first-order chi connectivity index (χ1) is 16.5. The quantitative estimate of drug-likeness (QED) is 0.636. The van der Waals surface area contributed by atoms with E-state index < -0.39 is 0 Å². The van der Waals surface area contributed by atoms with Gasteiger partial charge in [-0.15, -0.1) is 0 Å². The van der Waals surface area contributed by atoms with Crippen molar-refractivity contribution in [3.63, 3.8) is 0 Å². The monoisotopic (exact) mass is 480 g/mol. The molecule has 4 rings (SSSR count). The summed E-state index contributed by atoms with van der Waals surface area (Å²) in [6.45, 7) is 8.42. The van der Waals surface area contributed by atoms with Gasteiger partial charge in [0.2, 0.25) is 5.91 Å². The molecule has 0 saturated heterocycles. The summed E-state index contributed by atoms with van der Waals surface area (Å²) in [5.41, 5.74) is 4.66. The number of nitrogens with one attached hydrogen (secondary N) is 2. The molecular formula is C27H36N4O4. The van der Waals surface area contributed by atoms with Gasteiger partial charge in [-0.2, -0.15) is 0 Å². The summed E-state index contributed by atoms with van der Waals surface area (Å²) in [6, 6.07) is 6.03. The van der Waals surface area contributed by atoms with Crippen molar-refractivity contribution in [1.29, 1.82) is 0 Å². The first-order valence-electron chi connectivity index (χ1n) is 12.2. The van der Waals surface area contributed by atoms with E-state index in [1.807, 2.05) is 26.2 Å². The van der Waals surface area contributed by atoms with E-state index in [9.17, 15) is 14.4 Å². The van der Waals surface area contributed by atoms with Gasteiger partial charge in [-0.25, -0.2) is 0 Å². The molecule has 2 amide bonds. The van der Waals surface area contributed by atoms with Gasteiger partial charge in [-0.3, -0.25) is 14.4 Å². The molecule has 188 valence electrons. The molecule has 2 aliphatic rings. The number of H-pyrrole nitrogens is 1. The maximum absolute atomic E-state index is 12.9. The van der Waals surface area contributed by atoms with Crippen LogP contribution in [0.5, 0.6) is 5.75 Å². The first kappa shape index (κ1) is 25.0. The van der Waals surface area contributed by atoms with Crippen molar-refractivity contribution in [1.82, 2.24) is 20.1 Å². The molecule has 1 aliphatic carbocycles. The lowest BCUT2D eigenvalue weighted by Gasteiger charge is -2.29. The molecule has 1 aromatic carbocycles. The molecule has 0 fully saturated rings. The second-order valence-electron chi connectivity index (χ2n) is 10.7. The number of amides is 2. The molecule has 8 nitrogen and oxygen atoms in total. The lowest BCUT2D eigenvalue weighted by Crippen LogP contribution is -2.42. The van der Waals surface area contributed by atoms with Crippen LogP contribution >= 0.6 is 0 Å². The van der Waals surface area contributed by atoms with Crippen molar-refractivity contribution < 1.29 is 19.1 Å². The van der Waals surface area contributed by atoms with E-state index in [1.165, 1.54) is 5.56 Å². The van der Waals surface area contributed by atoms with Crippen molar-refractivity contribution in [2.24, 2.45) is 5.41 Å². The standard InChI is InChI=1S/C27H36N4O4/c1-17-24-21(13-27(2,3)14-22(24)32)29-25(17)26(34)28-15-23(33)31-9-8-18-12-20(7-6-19(18)16-31)35-11-10-30(4)5/h6-7,12,29H,8-11,13-16H2,1-5H3,(H,28,34). The Kier molecular flexibility index (Phi) is 7.03. The fraction of sp³-hybridized carbons (Fsp3) is 0.519. The smallest absolute Gasteiger partial charge is 0.268 e. The number of aromatic nitrogens is 1. The molecular weight excluding hydrogens is 444 g/mol. The lowest BCUT2D eigenvalue weighted by molar-refractivity contribution is -0.131. The third-order valence-electron chi connectivity index (χ3n) is 6.88. The number of hydrogen-bond donors (Lipinski definition) is 2. The fourth-order valence-electron chi connectivity index (χ4n) is 4.99. The number of rotatable bonds is 7. The Hall–Kier alpha value is -3.13. The Morgan fingerprint density at radius 3 is 2.71 bits per heavy atom. The van der Waals surface area contributed by atoms with Gasteiger partial charge in [0.25, 0.3) is 5.91 Å². The van der Waals surface area contributed by atoms with Crippen LogP contribution in [0.15, 0.2) is 18.2 Å². The van der Waals surface area contributed by atoms with E-state index in [4.69, 9.17) is 4.74 Å². The Morgan fingerprint density at radius 1 is 1.20 bits per heavy atom. The molecule has 1 aliphatic heterocycles. The number of ketones is 1. The van der Waals surface area contributed by atoms with Gasteiger partial charge in [0.15, 0.2) is 5.78 Å². The predicted molar refractivity (Wildman–Crippen MR) is 134 cm³/mol. The summed E-state index contributed by atoms with van der Waals surface area (Å²) in [7, 11) is 4.02. The van der Waals surface area contributed by atoms with E-state index in [1.54, 1.807) is 11.8 Å². The van der Waals surface area contributed by atoms with E-state index in [0.29, 0.717) is 42.9 Å². The van der Waals surface area contributed by atoms with Crippen molar-refractivity contribution in [2.45, 2.75) is 46.6 Å². The SMILES string of the molecule is Cc1c(C(=O)NCC(=O)N2CCc3cc(OCCN(C)C)ccc3C2)[nH]c2c1C(=O)CC(C)(C)C2. The van der Waals surface area contributed by atoms with Gasteiger partial charge in [0.1, 0.15) is 18.1 Å². The average molecular weight is 481 g/mol. The fourth-order valence-corrected chi connectivity index (χ4v) is 4.99. The van der Waals surface area contributed by atoms with Crippen LogP contribution in [0.2, 0.25) is 0 Å². The highest BCUT2D eigenvalue weighted by molar-refractivity contribution is 6.05. The third kappa shape index (κ3) is 5.59. The Balaban J connectivity index is 1.34. The number of carbonyl (C=O) groups is 3. The number of benzene rings is 1. The summed E-state index contributed by atoms with van der Waals surface area (Å²) < 4.78 is 5.83. The minimum atomic E-state index is -0.354. The number of fused-ring (bicyclic) bond motifs is 2. The normalized spacial score (nSPS) is 16.6. The predicted octanol–water partition coefficient (Wildman–Crippen LogP) is 2.73. The Morgan fingerprint density at radius 2 is 1.97 bits per heavy atom. The van der Waals surface area contributed by atoms with Crippen LogP contribution in [0.25, 0.3) is 0 Å². The second-order valence-corrected chi connectivity index (χ2v) is 10.7. The van der Waals surface area contributed by atoms with Crippen molar-refractivity contribution in [3.05, 3.63) is 51.8 Å². The lowest BCUT2D eigenvalue weighted by atomic mass is 9.75. The molecule has 2 heterocycles. The van der Waals surface area contributed by atoms with Gasteiger partial charge in [-0.1, -0.05) is 19.9 Å². The second kappa shape index (κ2) is 9.85. The summed E-state index contributed by atoms with van der Waals surface area (Å²) in [5.74, 6) is 0.441. The molecule has 0 radical (unpaired) electrons. The number of nitrogens with zero attached hydrogens (tertiary/aromatic N) is 2. The molecule has 0 spiro atoms. The molecule has 35 heavy (non-hydrogen) atoms. The molecule has 0 unspecified atom stereocenters. The van der Waals surface area contributed by atoms with Crippen molar-refractivity contribution in [3.8, 4) is 5.75 Å². The van der Waals surface area contributed by atoms with Crippen molar-refractivity contribution in [2.75, 3.05) is 40.3 Å². The van der Waals surface area contributed by atoms with Gasteiger partial charge in [-0.05, 0) is 68.1 Å². The third-order valence-corrected chi connectivity index (χ3v) is 6.88. The summed E-state index contributed by atoms with van der Waals surface area (Å²) >= 11 is 0. The number of Topliss-reactive ketones (excluding diaryl/α,β-unsaturated/α-hetero) is 1. The van der Waals surface area contributed by atoms with Crippen LogP contribution in [0.3, 0.4) is 0 Å². The van der Waals surface area contributed by atoms with E-state index >= 15 is 0 Å². The number of hydrogen-bond acceptors (Lipinski definition) is 5. The van der Waals surface area contributed by atoms with Gasteiger partial charge in [0, 0.05) is 37.3 Å². The van der Waals surface area contributed by atoms with Crippen LogP contribution in [0.1, 0.15) is 63.5 Å². The topological polar surface area (TPSA) is 94.7 Å². The summed E-state index contributed by atoms with van der Waals surface area (Å²) in [6.07, 6.45) is 1.94. The van der Waals surface area contributed by atoms with E-state index in [0.717, 1.165) is 36.4 Å². The molecule has 2 aromatic rings. The van der Waals surface area contributed by atoms with Gasteiger partial charge >= 0.3 is 0 Å². The summed E-state index contributed by atoms with van der Waals surface area (Å²) in [4.78, 5) is 45.3. The maximum Gasteiger partial charge on any atom is 0.268 e. The zero-order valence-electron chi connectivity index (χ0n) is 21.4. The largest absolute Gasteiger partial charge is 0.492 e. The molecule has 2 N–H and O–H groups in total. The zero-order chi connectivity index (χ0) is 25.3. The Labute approximate surface area is 207 Å². The highest BCUT2D eigenvalue weighted by atomic mass is 16.5. The highest BCUT2D eigenvalue weighted by Gasteiger charge is 2.35. The molecule has 0 atom stereocenters. The molecule has 8 heteroatoms. The molecule has 1 aromatic heterocycles. The van der Waals surface area contributed by atoms with Crippen LogP contribution in [0, 0.1) is 12.3 Å². The van der Waals surface area contributed by atoms with Crippen LogP contribution in [-0.2, 0) is 24.2 Å². The number of carbonyl (C=O) groups excluding carboxylic acids is 3. The summed E-state index contributed by atoms with van der Waals surface area (Å²) in [5, 5.41) is 2.75. The van der Waals surface area contributed by atoms with Gasteiger partial charge < -0.3 is 24.8 Å². The minimum Gasteiger partial charge on any atom is -0.492 e. The molecule has 0 bridgehead atoms. The van der Waals surface area contributed by atoms with Crippen LogP contribution in [-0.4, -0.2) is 72.7 Å². The van der Waals surface area contributed by atoms with Crippen LogP contribution in [0.4, 0.5) is 0 Å².